The Morgan fingerprint density at radius 3 is 2.62 bits per heavy atom. The van der Waals surface area contributed by atoms with E-state index in [9.17, 15) is 0 Å². The molecule has 2 atom stereocenters. The van der Waals surface area contributed by atoms with E-state index in [-0.39, 0.29) is 0 Å². The molecule has 1 heterocycles. The molecule has 13 heavy (non-hydrogen) atoms. The quantitative estimate of drug-likeness (QED) is 0.756. The maximum Gasteiger partial charge on any atom is 0.0199 e. The molecule has 0 bridgehead atoms. The molecular weight excluding hydrogens is 178 g/mol. The largest absolute Gasteiger partial charge is 0.327 e. The summed E-state index contributed by atoms with van der Waals surface area (Å²) in [6.45, 7) is 4.56. The third-order valence-corrected chi connectivity index (χ3v) is 4.31. The molecule has 0 radical (unpaired) electrons. The second-order valence-corrected chi connectivity index (χ2v) is 5.89. The SMILES string of the molecule is CC(C)CCC(N)C1CCCCS1. The minimum absolute atomic E-state index is 0.452. The van der Waals surface area contributed by atoms with Crippen LogP contribution in [0.15, 0.2) is 0 Å². The Balaban J connectivity index is 2.17. The van der Waals surface area contributed by atoms with E-state index in [4.69, 9.17) is 5.73 Å². The molecule has 1 nitrogen and oxygen atoms in total. The lowest BCUT2D eigenvalue weighted by atomic mass is 9.99. The van der Waals surface area contributed by atoms with Gasteiger partial charge in [0, 0.05) is 11.3 Å². The minimum Gasteiger partial charge on any atom is -0.327 e. The summed E-state index contributed by atoms with van der Waals surface area (Å²) in [5.41, 5.74) is 6.18. The molecule has 1 saturated heterocycles. The third-order valence-electron chi connectivity index (χ3n) is 2.77. The van der Waals surface area contributed by atoms with Gasteiger partial charge < -0.3 is 5.73 Å². The first-order valence-electron chi connectivity index (χ1n) is 5.57. The molecule has 0 saturated carbocycles. The molecule has 78 valence electrons. The number of hydrogen-bond acceptors (Lipinski definition) is 2. The number of nitrogens with two attached hydrogens (primary N) is 1. The van der Waals surface area contributed by atoms with Crippen LogP contribution in [0.2, 0.25) is 0 Å². The predicted octanol–water partition coefficient (Wildman–Crippen LogP) is 3.04. The summed E-state index contributed by atoms with van der Waals surface area (Å²) in [6, 6.07) is 0.452. The summed E-state index contributed by atoms with van der Waals surface area (Å²) in [7, 11) is 0. The zero-order valence-corrected chi connectivity index (χ0v) is 9.78. The van der Waals surface area contributed by atoms with Crippen molar-refractivity contribution in [3.8, 4) is 0 Å². The van der Waals surface area contributed by atoms with Crippen LogP contribution in [0.4, 0.5) is 0 Å². The van der Waals surface area contributed by atoms with Crippen LogP contribution in [0.5, 0.6) is 0 Å². The Morgan fingerprint density at radius 1 is 1.31 bits per heavy atom. The zero-order valence-electron chi connectivity index (χ0n) is 8.96. The van der Waals surface area contributed by atoms with Crippen molar-refractivity contribution in [1.82, 2.24) is 0 Å². The van der Waals surface area contributed by atoms with Crippen molar-refractivity contribution in [2.75, 3.05) is 5.75 Å². The van der Waals surface area contributed by atoms with Crippen LogP contribution in [0.3, 0.4) is 0 Å². The van der Waals surface area contributed by atoms with E-state index >= 15 is 0 Å². The van der Waals surface area contributed by atoms with Crippen LogP contribution in [-0.2, 0) is 0 Å². The van der Waals surface area contributed by atoms with E-state index in [1.165, 1.54) is 37.9 Å². The monoisotopic (exact) mass is 201 g/mol. The molecule has 0 amide bonds. The van der Waals surface area contributed by atoms with Crippen molar-refractivity contribution >= 4 is 11.8 Å². The van der Waals surface area contributed by atoms with Gasteiger partial charge in [0.2, 0.25) is 0 Å². The van der Waals surface area contributed by atoms with Gasteiger partial charge in [-0.25, -0.2) is 0 Å². The minimum atomic E-state index is 0.452. The van der Waals surface area contributed by atoms with E-state index in [0.29, 0.717) is 6.04 Å². The molecule has 1 rings (SSSR count). The van der Waals surface area contributed by atoms with Crippen molar-refractivity contribution in [2.24, 2.45) is 11.7 Å². The Morgan fingerprint density at radius 2 is 2.08 bits per heavy atom. The highest BCUT2D eigenvalue weighted by atomic mass is 32.2. The average Bonchev–Trinajstić information content (AvgIpc) is 2.15. The van der Waals surface area contributed by atoms with Gasteiger partial charge >= 0.3 is 0 Å². The van der Waals surface area contributed by atoms with Crippen molar-refractivity contribution in [2.45, 2.75) is 57.2 Å². The highest BCUT2D eigenvalue weighted by molar-refractivity contribution is 8.00. The predicted molar refractivity (Wildman–Crippen MR) is 62.1 cm³/mol. The second kappa shape index (κ2) is 5.92. The van der Waals surface area contributed by atoms with Crippen LogP contribution < -0.4 is 5.73 Å². The Labute approximate surface area is 86.8 Å². The molecule has 0 aliphatic carbocycles. The van der Waals surface area contributed by atoms with Crippen LogP contribution in [0, 0.1) is 5.92 Å². The van der Waals surface area contributed by atoms with Gasteiger partial charge in [0.1, 0.15) is 0 Å². The standard InChI is InChI=1S/C11H23NS/c1-9(2)6-7-10(12)11-5-3-4-8-13-11/h9-11H,3-8,12H2,1-2H3. The summed E-state index contributed by atoms with van der Waals surface area (Å²) in [5, 5.41) is 0.757. The van der Waals surface area contributed by atoms with Gasteiger partial charge in [-0.3, -0.25) is 0 Å². The van der Waals surface area contributed by atoms with Gasteiger partial charge in [-0.15, -0.1) is 0 Å². The third kappa shape index (κ3) is 4.37. The maximum atomic E-state index is 6.18. The summed E-state index contributed by atoms with van der Waals surface area (Å²) >= 11 is 2.10. The number of rotatable bonds is 4. The van der Waals surface area contributed by atoms with Crippen molar-refractivity contribution < 1.29 is 0 Å². The molecule has 0 aromatic rings. The lowest BCUT2D eigenvalue weighted by Crippen LogP contribution is -2.34. The van der Waals surface area contributed by atoms with Crippen molar-refractivity contribution in [3.05, 3.63) is 0 Å². The highest BCUT2D eigenvalue weighted by Crippen LogP contribution is 2.28. The van der Waals surface area contributed by atoms with Gasteiger partial charge in [0.05, 0.1) is 0 Å². The molecule has 1 fully saturated rings. The first-order valence-corrected chi connectivity index (χ1v) is 6.62. The van der Waals surface area contributed by atoms with E-state index in [0.717, 1.165) is 11.2 Å². The fourth-order valence-electron chi connectivity index (χ4n) is 1.81. The van der Waals surface area contributed by atoms with Crippen LogP contribution in [0.1, 0.15) is 46.0 Å². The van der Waals surface area contributed by atoms with E-state index in [2.05, 4.69) is 25.6 Å². The fourth-order valence-corrected chi connectivity index (χ4v) is 3.21. The van der Waals surface area contributed by atoms with Gasteiger partial charge in [-0.2, -0.15) is 11.8 Å². The van der Waals surface area contributed by atoms with E-state index < -0.39 is 0 Å². The van der Waals surface area contributed by atoms with Gasteiger partial charge in [0.15, 0.2) is 0 Å². The first kappa shape index (κ1) is 11.4. The van der Waals surface area contributed by atoms with E-state index in [1.54, 1.807) is 0 Å². The smallest absolute Gasteiger partial charge is 0.0199 e. The molecule has 1 aliphatic heterocycles. The Kier molecular flexibility index (Phi) is 5.18. The fraction of sp³-hybridized carbons (Fsp3) is 1.00. The van der Waals surface area contributed by atoms with E-state index in [1.807, 2.05) is 0 Å². The number of thioether (sulfide) groups is 1. The zero-order chi connectivity index (χ0) is 9.68. The second-order valence-electron chi connectivity index (χ2n) is 4.54. The summed E-state index contributed by atoms with van der Waals surface area (Å²) in [4.78, 5) is 0. The molecule has 2 N–H and O–H groups in total. The molecule has 0 spiro atoms. The average molecular weight is 201 g/mol. The van der Waals surface area contributed by atoms with Crippen molar-refractivity contribution in [1.29, 1.82) is 0 Å². The number of hydrogen-bond donors (Lipinski definition) is 1. The molecule has 0 aromatic carbocycles. The molecule has 0 aromatic heterocycles. The maximum absolute atomic E-state index is 6.18. The topological polar surface area (TPSA) is 26.0 Å². The molecular formula is C11H23NS. The summed E-state index contributed by atoms with van der Waals surface area (Å²) in [5.74, 6) is 2.14. The molecule has 2 heteroatoms. The van der Waals surface area contributed by atoms with Gasteiger partial charge in [-0.1, -0.05) is 20.3 Å². The molecule has 1 aliphatic rings. The highest BCUT2D eigenvalue weighted by Gasteiger charge is 2.20. The summed E-state index contributed by atoms with van der Waals surface area (Å²) < 4.78 is 0. The lowest BCUT2D eigenvalue weighted by Gasteiger charge is -2.27. The molecule has 2 unspecified atom stereocenters. The van der Waals surface area contributed by atoms with Crippen LogP contribution in [-0.4, -0.2) is 17.0 Å². The normalized spacial score (nSPS) is 26.3. The van der Waals surface area contributed by atoms with Crippen LogP contribution in [0.25, 0.3) is 0 Å². The van der Waals surface area contributed by atoms with Crippen LogP contribution >= 0.6 is 11.8 Å². The van der Waals surface area contributed by atoms with Gasteiger partial charge in [0.25, 0.3) is 0 Å². The summed E-state index contributed by atoms with van der Waals surface area (Å²) in [6.07, 6.45) is 6.66. The van der Waals surface area contributed by atoms with Crippen molar-refractivity contribution in [3.63, 3.8) is 0 Å². The first-order chi connectivity index (χ1) is 6.20. The Hall–Kier alpha value is 0.310. The Bertz CT molecular complexity index is 130. The lowest BCUT2D eigenvalue weighted by molar-refractivity contribution is 0.467. The van der Waals surface area contributed by atoms with Gasteiger partial charge in [-0.05, 0) is 37.4 Å².